The van der Waals surface area contributed by atoms with Crippen LogP contribution in [0.1, 0.15) is 29.6 Å². The smallest absolute Gasteiger partial charge is 0.133 e. The maximum Gasteiger partial charge on any atom is 0.133 e. The molecule has 0 radical (unpaired) electrons. The molecule has 0 fully saturated rings. The molecule has 2 nitrogen and oxygen atoms in total. The van der Waals surface area contributed by atoms with Gasteiger partial charge >= 0.3 is 0 Å². The summed E-state index contributed by atoms with van der Waals surface area (Å²) in [4.78, 5) is 9.16. The van der Waals surface area contributed by atoms with Crippen LogP contribution in [0.3, 0.4) is 0 Å². The molecule has 0 amide bonds. The normalized spacial score (nSPS) is 10.8. The van der Waals surface area contributed by atoms with Crippen LogP contribution in [-0.4, -0.2) is 9.97 Å². The Morgan fingerprint density at radius 2 is 2.18 bits per heavy atom. The van der Waals surface area contributed by atoms with Crippen LogP contribution < -0.4 is 0 Å². The molecule has 1 N–H and O–H groups in total. The standard InChI is InChI=1S/C13H16N2S2/c1-4-5-11-14-12(8(2)13(16)15-11)10-6-7-17-9(10)3/h6-7H,4-5H2,1-3H3,(H,14,15,16). The third-order valence-corrected chi connectivity index (χ3v) is 4.06. The Hall–Kier alpha value is -1.00. The lowest BCUT2D eigenvalue weighted by molar-refractivity contribution is 0.829. The van der Waals surface area contributed by atoms with Gasteiger partial charge in [0.2, 0.25) is 0 Å². The monoisotopic (exact) mass is 264 g/mol. The Kier molecular flexibility index (Phi) is 3.74. The predicted molar refractivity (Wildman–Crippen MR) is 76.2 cm³/mol. The zero-order chi connectivity index (χ0) is 12.4. The first kappa shape index (κ1) is 12.5. The Labute approximate surface area is 111 Å². The second-order valence-electron chi connectivity index (χ2n) is 4.13. The predicted octanol–water partition coefficient (Wildman–Crippen LogP) is 4.44. The minimum atomic E-state index is 0.716. The van der Waals surface area contributed by atoms with Crippen molar-refractivity contribution >= 4 is 23.6 Å². The van der Waals surface area contributed by atoms with E-state index in [1.165, 1.54) is 10.4 Å². The van der Waals surface area contributed by atoms with Crippen molar-refractivity contribution < 1.29 is 0 Å². The number of aryl methyl sites for hydroxylation is 2. The molecule has 0 aromatic carbocycles. The lowest BCUT2D eigenvalue weighted by Gasteiger charge is -2.08. The van der Waals surface area contributed by atoms with Crippen molar-refractivity contribution in [3.63, 3.8) is 0 Å². The molecule has 0 saturated heterocycles. The summed E-state index contributed by atoms with van der Waals surface area (Å²) in [6, 6.07) is 2.14. The van der Waals surface area contributed by atoms with Crippen molar-refractivity contribution in [1.82, 2.24) is 9.97 Å². The minimum Gasteiger partial charge on any atom is -0.343 e. The number of nitrogens with one attached hydrogen (secondary N) is 1. The van der Waals surface area contributed by atoms with Crippen LogP contribution in [-0.2, 0) is 6.42 Å². The zero-order valence-corrected chi connectivity index (χ0v) is 12.0. The van der Waals surface area contributed by atoms with Gasteiger partial charge in [-0.1, -0.05) is 19.1 Å². The van der Waals surface area contributed by atoms with Crippen LogP contribution in [0, 0.1) is 18.5 Å². The lowest BCUT2D eigenvalue weighted by Crippen LogP contribution is -2.00. The highest BCUT2D eigenvalue weighted by Gasteiger charge is 2.10. The van der Waals surface area contributed by atoms with Gasteiger partial charge in [0.15, 0.2) is 0 Å². The van der Waals surface area contributed by atoms with Gasteiger partial charge in [0.05, 0.1) is 5.69 Å². The van der Waals surface area contributed by atoms with Crippen molar-refractivity contribution in [3.05, 3.63) is 32.4 Å². The van der Waals surface area contributed by atoms with Crippen molar-refractivity contribution in [1.29, 1.82) is 0 Å². The third kappa shape index (κ3) is 2.48. The van der Waals surface area contributed by atoms with E-state index in [1.807, 2.05) is 6.92 Å². The van der Waals surface area contributed by atoms with E-state index in [2.05, 4.69) is 35.3 Å². The molecule has 0 saturated carbocycles. The summed E-state index contributed by atoms with van der Waals surface area (Å²) in [6.45, 7) is 6.32. The molecule has 4 heteroatoms. The van der Waals surface area contributed by atoms with Crippen LogP contribution in [0.2, 0.25) is 0 Å². The van der Waals surface area contributed by atoms with Crippen LogP contribution in [0.5, 0.6) is 0 Å². The molecule has 17 heavy (non-hydrogen) atoms. The van der Waals surface area contributed by atoms with E-state index in [-0.39, 0.29) is 0 Å². The molecule has 0 spiro atoms. The van der Waals surface area contributed by atoms with E-state index < -0.39 is 0 Å². The van der Waals surface area contributed by atoms with Gasteiger partial charge in [-0.3, -0.25) is 0 Å². The van der Waals surface area contributed by atoms with Crippen molar-refractivity contribution in [2.45, 2.75) is 33.6 Å². The number of H-pyrrole nitrogens is 1. The van der Waals surface area contributed by atoms with E-state index >= 15 is 0 Å². The summed E-state index contributed by atoms with van der Waals surface area (Å²) in [5.74, 6) is 0.990. The number of aromatic amines is 1. The van der Waals surface area contributed by atoms with Crippen molar-refractivity contribution in [2.75, 3.05) is 0 Å². The molecule has 2 heterocycles. The Balaban J connectivity index is 2.61. The zero-order valence-electron chi connectivity index (χ0n) is 10.3. The first-order valence-corrected chi connectivity index (χ1v) is 7.06. The van der Waals surface area contributed by atoms with Crippen LogP contribution in [0.4, 0.5) is 0 Å². The molecule has 2 rings (SSSR count). The highest BCUT2D eigenvalue weighted by Crippen LogP contribution is 2.28. The number of nitrogens with zero attached hydrogens (tertiary/aromatic N) is 1. The largest absolute Gasteiger partial charge is 0.343 e. The van der Waals surface area contributed by atoms with E-state index in [9.17, 15) is 0 Å². The van der Waals surface area contributed by atoms with Gasteiger partial charge in [-0.05, 0) is 31.7 Å². The van der Waals surface area contributed by atoms with Gasteiger partial charge < -0.3 is 4.98 Å². The number of hydrogen-bond donors (Lipinski definition) is 1. The summed E-state index contributed by atoms with van der Waals surface area (Å²) < 4.78 is 0.716. The maximum atomic E-state index is 5.33. The minimum absolute atomic E-state index is 0.716. The van der Waals surface area contributed by atoms with Gasteiger partial charge in [-0.25, -0.2) is 4.98 Å². The molecule has 0 bridgehead atoms. The summed E-state index contributed by atoms with van der Waals surface area (Å²) in [5, 5.41) is 2.11. The summed E-state index contributed by atoms with van der Waals surface area (Å²) in [6.07, 6.45) is 2.02. The molecular weight excluding hydrogens is 248 g/mol. The molecule has 0 unspecified atom stereocenters. The highest BCUT2D eigenvalue weighted by molar-refractivity contribution is 7.71. The molecule has 2 aromatic rings. The molecule has 90 valence electrons. The SMILES string of the molecule is CCCc1nc(=S)c(C)c(-c2ccsc2C)[nH]1. The molecule has 0 aliphatic carbocycles. The molecular formula is C13H16N2S2. The van der Waals surface area contributed by atoms with Gasteiger partial charge in [0, 0.05) is 22.4 Å². The lowest BCUT2D eigenvalue weighted by atomic mass is 10.1. The molecule has 0 atom stereocenters. The van der Waals surface area contributed by atoms with Gasteiger partial charge in [0.1, 0.15) is 10.5 Å². The van der Waals surface area contributed by atoms with Gasteiger partial charge in [-0.2, -0.15) is 0 Å². The Bertz CT molecular complexity index is 581. The third-order valence-electron chi connectivity index (χ3n) is 2.82. The van der Waals surface area contributed by atoms with E-state index in [0.717, 1.165) is 29.9 Å². The fourth-order valence-corrected chi connectivity index (χ4v) is 2.77. The average molecular weight is 264 g/mol. The Morgan fingerprint density at radius 3 is 2.76 bits per heavy atom. The van der Waals surface area contributed by atoms with Crippen LogP contribution in [0.25, 0.3) is 11.3 Å². The summed E-state index contributed by atoms with van der Waals surface area (Å²) in [7, 11) is 0. The number of aromatic nitrogens is 2. The van der Waals surface area contributed by atoms with E-state index in [1.54, 1.807) is 11.3 Å². The van der Waals surface area contributed by atoms with Crippen LogP contribution in [0.15, 0.2) is 11.4 Å². The van der Waals surface area contributed by atoms with E-state index in [0.29, 0.717) is 4.64 Å². The Morgan fingerprint density at radius 1 is 1.41 bits per heavy atom. The van der Waals surface area contributed by atoms with Gasteiger partial charge in [0.25, 0.3) is 0 Å². The summed E-state index contributed by atoms with van der Waals surface area (Å²) in [5.41, 5.74) is 3.45. The second kappa shape index (κ2) is 5.10. The van der Waals surface area contributed by atoms with Gasteiger partial charge in [-0.15, -0.1) is 11.3 Å². The van der Waals surface area contributed by atoms with Crippen LogP contribution >= 0.6 is 23.6 Å². The number of hydrogen-bond acceptors (Lipinski definition) is 3. The van der Waals surface area contributed by atoms with Crippen molar-refractivity contribution in [2.24, 2.45) is 0 Å². The number of thiophene rings is 1. The number of rotatable bonds is 3. The second-order valence-corrected chi connectivity index (χ2v) is 5.64. The quantitative estimate of drug-likeness (QED) is 0.830. The maximum absolute atomic E-state index is 5.33. The first-order valence-electron chi connectivity index (χ1n) is 5.77. The topological polar surface area (TPSA) is 28.7 Å². The fraction of sp³-hybridized carbons (Fsp3) is 0.385. The first-order chi connectivity index (χ1) is 8.13. The molecule has 0 aliphatic heterocycles. The van der Waals surface area contributed by atoms with E-state index in [4.69, 9.17) is 12.2 Å². The van der Waals surface area contributed by atoms with Crippen molar-refractivity contribution in [3.8, 4) is 11.3 Å². The highest BCUT2D eigenvalue weighted by atomic mass is 32.1. The summed E-state index contributed by atoms with van der Waals surface area (Å²) >= 11 is 7.09. The molecule has 0 aliphatic rings. The fourth-order valence-electron chi connectivity index (χ4n) is 1.85. The molecule has 2 aromatic heterocycles. The average Bonchev–Trinajstić information content (AvgIpc) is 2.70.